The molecule has 1 aliphatic heterocycles. The third-order valence-electron chi connectivity index (χ3n) is 5.36. The van der Waals surface area contributed by atoms with E-state index in [0.29, 0.717) is 17.7 Å². The smallest absolute Gasteiger partial charge is 0.259 e. The van der Waals surface area contributed by atoms with E-state index in [9.17, 15) is 9.59 Å². The molecule has 146 valence electrons. The van der Waals surface area contributed by atoms with Crippen LogP contribution in [0.25, 0.3) is 0 Å². The largest absolute Gasteiger partial charge is 0.321 e. The van der Waals surface area contributed by atoms with E-state index in [2.05, 4.69) is 17.2 Å². The molecule has 1 N–H and O–H groups in total. The number of nitrogens with zero attached hydrogens (tertiary/aromatic N) is 2. The Hall–Kier alpha value is -3.47. The Morgan fingerprint density at radius 1 is 1.07 bits per heavy atom. The summed E-state index contributed by atoms with van der Waals surface area (Å²) < 4.78 is 0. The molecule has 0 atom stereocenters. The quantitative estimate of drug-likeness (QED) is 0.724. The summed E-state index contributed by atoms with van der Waals surface area (Å²) >= 11 is 0. The maximum Gasteiger partial charge on any atom is 0.259 e. The van der Waals surface area contributed by atoms with Gasteiger partial charge in [-0.2, -0.15) is 0 Å². The van der Waals surface area contributed by atoms with Gasteiger partial charge in [0.15, 0.2) is 0 Å². The van der Waals surface area contributed by atoms with Crippen molar-refractivity contribution >= 4 is 23.2 Å². The van der Waals surface area contributed by atoms with Gasteiger partial charge < -0.3 is 10.2 Å². The van der Waals surface area contributed by atoms with Crippen molar-refractivity contribution in [3.63, 3.8) is 0 Å². The summed E-state index contributed by atoms with van der Waals surface area (Å²) in [7, 11) is 0. The predicted octanol–water partition coefficient (Wildman–Crippen LogP) is 4.41. The van der Waals surface area contributed by atoms with E-state index >= 15 is 0 Å². The van der Waals surface area contributed by atoms with Gasteiger partial charge >= 0.3 is 0 Å². The van der Waals surface area contributed by atoms with E-state index in [0.717, 1.165) is 40.9 Å². The minimum absolute atomic E-state index is 0.137. The fourth-order valence-electron chi connectivity index (χ4n) is 3.77. The highest BCUT2D eigenvalue weighted by atomic mass is 16.2. The minimum atomic E-state index is -0.266. The maximum atomic E-state index is 13.1. The number of hydrogen-bond donors (Lipinski definition) is 1. The van der Waals surface area contributed by atoms with Crippen LogP contribution in [0.3, 0.4) is 0 Å². The summed E-state index contributed by atoms with van der Waals surface area (Å²) in [6.45, 7) is 4.66. The Labute approximate surface area is 170 Å². The number of aryl methyl sites for hydroxylation is 2. The SMILES string of the molecule is CCc1cccc(C)c1NC(=O)c1cncc(C(=O)N2CCc3ccccc32)c1. The van der Waals surface area contributed by atoms with Crippen LogP contribution in [-0.2, 0) is 12.8 Å². The van der Waals surface area contributed by atoms with E-state index in [1.165, 1.54) is 12.4 Å². The highest BCUT2D eigenvalue weighted by Crippen LogP contribution is 2.29. The van der Waals surface area contributed by atoms with Crippen LogP contribution in [0.5, 0.6) is 0 Å². The molecule has 4 rings (SSSR count). The van der Waals surface area contributed by atoms with Crippen LogP contribution in [0.1, 0.15) is 44.3 Å². The second-order valence-electron chi connectivity index (χ2n) is 7.21. The lowest BCUT2D eigenvalue weighted by molar-refractivity contribution is 0.0989. The van der Waals surface area contributed by atoms with Crippen molar-refractivity contribution in [1.29, 1.82) is 0 Å². The van der Waals surface area contributed by atoms with Gasteiger partial charge in [0.1, 0.15) is 0 Å². The average Bonchev–Trinajstić information content (AvgIpc) is 3.19. The first kappa shape index (κ1) is 18.9. The first-order valence-electron chi connectivity index (χ1n) is 9.83. The van der Waals surface area contributed by atoms with Gasteiger partial charge in [-0.1, -0.05) is 43.3 Å². The Morgan fingerprint density at radius 3 is 2.69 bits per heavy atom. The van der Waals surface area contributed by atoms with Gasteiger partial charge in [-0.05, 0) is 48.6 Å². The number of carbonyl (C=O) groups is 2. The molecule has 2 amide bonds. The van der Waals surface area contributed by atoms with Crippen molar-refractivity contribution in [2.75, 3.05) is 16.8 Å². The Kier molecular flexibility index (Phi) is 5.12. The summed E-state index contributed by atoms with van der Waals surface area (Å²) in [6, 6.07) is 15.5. The molecule has 2 aromatic carbocycles. The molecule has 0 saturated heterocycles. The number of pyridine rings is 1. The molecule has 1 aliphatic rings. The zero-order valence-corrected chi connectivity index (χ0v) is 16.6. The molecular weight excluding hydrogens is 362 g/mol. The van der Waals surface area contributed by atoms with Crippen molar-refractivity contribution in [3.05, 3.63) is 88.7 Å². The average molecular weight is 385 g/mol. The second-order valence-corrected chi connectivity index (χ2v) is 7.21. The van der Waals surface area contributed by atoms with Crippen molar-refractivity contribution < 1.29 is 9.59 Å². The Balaban J connectivity index is 1.58. The molecule has 5 nitrogen and oxygen atoms in total. The number of anilines is 2. The van der Waals surface area contributed by atoms with E-state index < -0.39 is 0 Å². The molecule has 0 aliphatic carbocycles. The highest BCUT2D eigenvalue weighted by Gasteiger charge is 2.26. The van der Waals surface area contributed by atoms with Crippen molar-refractivity contribution in [3.8, 4) is 0 Å². The summed E-state index contributed by atoms with van der Waals surface area (Å²) in [4.78, 5) is 31.8. The minimum Gasteiger partial charge on any atom is -0.321 e. The lowest BCUT2D eigenvalue weighted by Crippen LogP contribution is -2.29. The molecule has 0 radical (unpaired) electrons. The topological polar surface area (TPSA) is 62.3 Å². The molecule has 3 aromatic rings. The molecule has 0 unspecified atom stereocenters. The van der Waals surface area contributed by atoms with Crippen molar-refractivity contribution in [2.45, 2.75) is 26.7 Å². The van der Waals surface area contributed by atoms with E-state index in [1.54, 1.807) is 11.0 Å². The lowest BCUT2D eigenvalue weighted by atomic mass is 10.1. The number of hydrogen-bond acceptors (Lipinski definition) is 3. The summed E-state index contributed by atoms with van der Waals surface area (Å²) in [5, 5.41) is 2.99. The van der Waals surface area contributed by atoms with Crippen LogP contribution in [-0.4, -0.2) is 23.3 Å². The molecule has 2 heterocycles. The number of para-hydroxylation sites is 2. The predicted molar refractivity (Wildman–Crippen MR) is 115 cm³/mol. The van der Waals surface area contributed by atoms with Gasteiger partial charge in [0.05, 0.1) is 11.1 Å². The monoisotopic (exact) mass is 385 g/mol. The van der Waals surface area contributed by atoms with Gasteiger partial charge in [-0.25, -0.2) is 0 Å². The number of carbonyl (C=O) groups excluding carboxylic acids is 2. The molecule has 0 spiro atoms. The number of aromatic nitrogens is 1. The van der Waals surface area contributed by atoms with Crippen LogP contribution >= 0.6 is 0 Å². The molecule has 1 aromatic heterocycles. The van der Waals surface area contributed by atoms with E-state index in [1.807, 2.05) is 49.4 Å². The van der Waals surface area contributed by atoms with Crippen LogP contribution in [0, 0.1) is 6.92 Å². The third kappa shape index (κ3) is 3.63. The summed E-state index contributed by atoms with van der Waals surface area (Å²) in [6.07, 6.45) is 4.67. The molecule has 0 fully saturated rings. The van der Waals surface area contributed by atoms with Crippen LogP contribution in [0.2, 0.25) is 0 Å². The highest BCUT2D eigenvalue weighted by molar-refractivity contribution is 6.10. The van der Waals surface area contributed by atoms with E-state index in [-0.39, 0.29) is 11.8 Å². The van der Waals surface area contributed by atoms with Gasteiger partial charge in [-0.3, -0.25) is 14.6 Å². The first-order valence-corrected chi connectivity index (χ1v) is 9.83. The number of amides is 2. The normalized spacial score (nSPS) is 12.6. The summed E-state index contributed by atoms with van der Waals surface area (Å²) in [5.74, 6) is -0.403. The van der Waals surface area contributed by atoms with Crippen LogP contribution in [0.4, 0.5) is 11.4 Å². The van der Waals surface area contributed by atoms with Gasteiger partial charge in [0, 0.05) is 30.3 Å². The standard InChI is InChI=1S/C24H23N3O2/c1-3-17-9-6-7-16(2)22(17)26-23(28)19-13-20(15-25-14-19)24(29)27-12-11-18-8-4-5-10-21(18)27/h4-10,13-15H,3,11-12H2,1-2H3,(H,26,28). The Bertz CT molecular complexity index is 1090. The fourth-order valence-corrected chi connectivity index (χ4v) is 3.77. The zero-order valence-electron chi connectivity index (χ0n) is 16.6. The molecule has 0 bridgehead atoms. The van der Waals surface area contributed by atoms with Crippen molar-refractivity contribution in [1.82, 2.24) is 4.98 Å². The van der Waals surface area contributed by atoms with Crippen LogP contribution in [0.15, 0.2) is 60.9 Å². The second kappa shape index (κ2) is 7.87. The van der Waals surface area contributed by atoms with Crippen LogP contribution < -0.4 is 10.2 Å². The number of benzene rings is 2. The molecule has 5 heteroatoms. The summed E-state index contributed by atoms with van der Waals surface area (Å²) in [5.41, 5.74) is 5.78. The number of nitrogens with one attached hydrogen (secondary N) is 1. The Morgan fingerprint density at radius 2 is 1.86 bits per heavy atom. The molecular formula is C24H23N3O2. The first-order chi connectivity index (χ1) is 14.1. The van der Waals surface area contributed by atoms with Crippen molar-refractivity contribution in [2.24, 2.45) is 0 Å². The molecule has 29 heavy (non-hydrogen) atoms. The third-order valence-corrected chi connectivity index (χ3v) is 5.36. The zero-order chi connectivity index (χ0) is 20.4. The lowest BCUT2D eigenvalue weighted by Gasteiger charge is -2.17. The number of fused-ring (bicyclic) bond motifs is 1. The van der Waals surface area contributed by atoms with Gasteiger partial charge in [0.25, 0.3) is 11.8 Å². The fraction of sp³-hybridized carbons (Fsp3) is 0.208. The molecule has 0 saturated carbocycles. The van der Waals surface area contributed by atoms with Gasteiger partial charge in [0.2, 0.25) is 0 Å². The van der Waals surface area contributed by atoms with Gasteiger partial charge in [-0.15, -0.1) is 0 Å². The maximum absolute atomic E-state index is 13.1. The number of rotatable bonds is 4. The van der Waals surface area contributed by atoms with E-state index in [4.69, 9.17) is 0 Å².